The second-order valence-corrected chi connectivity index (χ2v) is 8.36. The number of benzene rings is 2. The van der Waals surface area contributed by atoms with Crippen molar-refractivity contribution < 1.29 is 28.3 Å². The van der Waals surface area contributed by atoms with Crippen LogP contribution in [0.3, 0.4) is 0 Å². The van der Waals surface area contributed by atoms with E-state index in [4.69, 9.17) is 35.1 Å². The number of hydrogen-bond acceptors (Lipinski definition) is 7. The molecule has 1 aliphatic rings. The van der Waals surface area contributed by atoms with Gasteiger partial charge >= 0.3 is 0 Å². The van der Waals surface area contributed by atoms with Gasteiger partial charge in [-0.1, -0.05) is 16.8 Å². The van der Waals surface area contributed by atoms with E-state index in [1.807, 2.05) is 0 Å². The van der Waals surface area contributed by atoms with Crippen LogP contribution < -0.4 is 14.2 Å². The van der Waals surface area contributed by atoms with Gasteiger partial charge in [0.1, 0.15) is 5.69 Å². The molecule has 1 amide bonds. The van der Waals surface area contributed by atoms with Crippen LogP contribution in [0.15, 0.2) is 47.0 Å². The molecule has 0 N–H and O–H groups in total. The molecular formula is C25H27ClN2O6. The molecule has 1 atom stereocenters. The molecule has 0 radical (unpaired) electrons. The van der Waals surface area contributed by atoms with Crippen molar-refractivity contribution in [3.8, 4) is 28.6 Å². The lowest BCUT2D eigenvalue weighted by Crippen LogP contribution is -2.37. The van der Waals surface area contributed by atoms with E-state index in [1.165, 1.54) is 0 Å². The zero-order valence-electron chi connectivity index (χ0n) is 19.4. The van der Waals surface area contributed by atoms with Gasteiger partial charge in [-0.2, -0.15) is 0 Å². The van der Waals surface area contributed by atoms with Crippen molar-refractivity contribution in [2.24, 2.45) is 0 Å². The largest absolute Gasteiger partial charge is 0.493 e. The highest BCUT2D eigenvalue weighted by Gasteiger charge is 2.25. The van der Waals surface area contributed by atoms with Gasteiger partial charge in [0.15, 0.2) is 17.3 Å². The van der Waals surface area contributed by atoms with Crippen molar-refractivity contribution >= 4 is 17.5 Å². The Morgan fingerprint density at radius 1 is 1.09 bits per heavy atom. The van der Waals surface area contributed by atoms with Crippen LogP contribution in [0.5, 0.6) is 17.2 Å². The standard InChI is InChI=1S/C25H27ClN2O6/c1-30-22-11-17(12-23(31-2)24(22)32-3)21-13-19(27-34-21)14-28(15-20-5-4-10-33-20)25(29)16-6-8-18(26)9-7-16/h6-9,11-13,20H,4-5,10,14-15H2,1-3H3/t20-/m0/s1. The van der Waals surface area contributed by atoms with Crippen LogP contribution in [0.1, 0.15) is 28.9 Å². The fraction of sp³-hybridized carbons (Fsp3) is 0.360. The lowest BCUT2D eigenvalue weighted by atomic mass is 10.1. The zero-order valence-corrected chi connectivity index (χ0v) is 20.1. The first-order chi connectivity index (χ1) is 16.5. The minimum Gasteiger partial charge on any atom is -0.493 e. The van der Waals surface area contributed by atoms with Crippen LogP contribution in [0.2, 0.25) is 5.02 Å². The van der Waals surface area contributed by atoms with E-state index in [9.17, 15) is 4.79 Å². The third-order valence-electron chi connectivity index (χ3n) is 5.69. The Morgan fingerprint density at radius 2 is 1.79 bits per heavy atom. The molecule has 180 valence electrons. The molecule has 2 heterocycles. The van der Waals surface area contributed by atoms with Crippen molar-refractivity contribution in [3.63, 3.8) is 0 Å². The Kier molecular flexibility index (Phi) is 7.59. The molecule has 9 heteroatoms. The number of rotatable bonds is 9. The Balaban J connectivity index is 1.59. The number of aromatic nitrogens is 1. The number of ether oxygens (including phenoxy) is 4. The normalized spacial score (nSPS) is 15.2. The van der Waals surface area contributed by atoms with E-state index < -0.39 is 0 Å². The number of hydrogen-bond donors (Lipinski definition) is 0. The predicted octanol–water partition coefficient (Wildman–Crippen LogP) is 4.84. The van der Waals surface area contributed by atoms with Gasteiger partial charge < -0.3 is 28.4 Å². The highest BCUT2D eigenvalue weighted by Crippen LogP contribution is 2.41. The average Bonchev–Trinajstić information content (AvgIpc) is 3.55. The van der Waals surface area contributed by atoms with Crippen LogP contribution in [0, 0.1) is 0 Å². The Morgan fingerprint density at radius 3 is 2.38 bits per heavy atom. The van der Waals surface area contributed by atoms with Crippen LogP contribution in [0.25, 0.3) is 11.3 Å². The van der Waals surface area contributed by atoms with Gasteiger partial charge in [0, 0.05) is 35.4 Å². The summed E-state index contributed by atoms with van der Waals surface area (Å²) in [5, 5.41) is 4.78. The summed E-state index contributed by atoms with van der Waals surface area (Å²) in [4.78, 5) is 15.0. The second-order valence-electron chi connectivity index (χ2n) is 7.92. The first-order valence-electron chi connectivity index (χ1n) is 10.9. The SMILES string of the molecule is COc1cc(-c2cc(CN(C[C@@H]3CCCO3)C(=O)c3ccc(Cl)cc3)no2)cc(OC)c1OC. The molecule has 0 saturated carbocycles. The average molecular weight is 487 g/mol. The maximum atomic E-state index is 13.3. The maximum absolute atomic E-state index is 13.3. The summed E-state index contributed by atoms with van der Waals surface area (Å²) in [6.07, 6.45) is 1.90. The maximum Gasteiger partial charge on any atom is 0.254 e. The third kappa shape index (κ3) is 5.29. The zero-order chi connectivity index (χ0) is 24.1. The lowest BCUT2D eigenvalue weighted by molar-refractivity contribution is 0.0502. The van der Waals surface area contributed by atoms with Gasteiger partial charge in [-0.05, 0) is 49.2 Å². The molecule has 0 unspecified atom stereocenters. The van der Waals surface area contributed by atoms with Gasteiger partial charge in [-0.15, -0.1) is 0 Å². The quantitative estimate of drug-likeness (QED) is 0.428. The first kappa shape index (κ1) is 23.9. The fourth-order valence-corrected chi connectivity index (χ4v) is 4.10. The van der Waals surface area contributed by atoms with Gasteiger partial charge in [0.05, 0.1) is 34.0 Å². The Bertz CT molecular complexity index is 1100. The first-order valence-corrected chi connectivity index (χ1v) is 11.3. The van der Waals surface area contributed by atoms with Crippen molar-refractivity contribution in [1.82, 2.24) is 10.1 Å². The summed E-state index contributed by atoms with van der Waals surface area (Å²) >= 11 is 5.99. The van der Waals surface area contributed by atoms with Crippen molar-refractivity contribution in [3.05, 3.63) is 58.7 Å². The Labute approximate surface area is 203 Å². The van der Waals surface area contributed by atoms with Crippen LogP contribution in [-0.2, 0) is 11.3 Å². The molecule has 34 heavy (non-hydrogen) atoms. The number of amides is 1. The summed E-state index contributed by atoms with van der Waals surface area (Å²) in [5.74, 6) is 1.90. The van der Waals surface area contributed by atoms with Crippen molar-refractivity contribution in [2.45, 2.75) is 25.5 Å². The minimum atomic E-state index is -0.121. The topological polar surface area (TPSA) is 83.3 Å². The fourth-order valence-electron chi connectivity index (χ4n) is 3.97. The molecule has 0 bridgehead atoms. The molecule has 1 saturated heterocycles. The van der Waals surface area contributed by atoms with Crippen molar-refractivity contribution in [1.29, 1.82) is 0 Å². The summed E-state index contributed by atoms with van der Waals surface area (Å²) in [5.41, 5.74) is 1.88. The van der Waals surface area contributed by atoms with Gasteiger partial charge in [0.25, 0.3) is 5.91 Å². The second kappa shape index (κ2) is 10.8. The molecule has 0 spiro atoms. The smallest absolute Gasteiger partial charge is 0.254 e. The van der Waals surface area contributed by atoms with Crippen molar-refractivity contribution in [2.75, 3.05) is 34.5 Å². The van der Waals surface area contributed by atoms with Crippen LogP contribution in [-0.4, -0.2) is 56.5 Å². The molecule has 1 aromatic heterocycles. The van der Waals surface area contributed by atoms with Gasteiger partial charge in [0.2, 0.25) is 5.75 Å². The third-order valence-corrected chi connectivity index (χ3v) is 5.94. The molecule has 2 aromatic carbocycles. The van der Waals surface area contributed by atoms with E-state index in [-0.39, 0.29) is 18.6 Å². The van der Waals surface area contributed by atoms with Gasteiger partial charge in [-0.3, -0.25) is 4.79 Å². The number of nitrogens with zero attached hydrogens (tertiary/aromatic N) is 2. The Hall–Kier alpha value is -3.23. The minimum absolute atomic E-state index is 0.00210. The van der Waals surface area contributed by atoms with E-state index in [2.05, 4.69) is 5.16 Å². The summed E-state index contributed by atoms with van der Waals surface area (Å²) in [6.45, 7) is 1.45. The molecule has 1 fully saturated rings. The van der Waals surface area contributed by atoms with Gasteiger partial charge in [-0.25, -0.2) is 0 Å². The van der Waals surface area contributed by atoms with E-state index >= 15 is 0 Å². The number of methoxy groups -OCH3 is 3. The number of carbonyl (C=O) groups is 1. The lowest BCUT2D eigenvalue weighted by Gasteiger charge is -2.24. The molecule has 8 nitrogen and oxygen atoms in total. The number of carbonyl (C=O) groups excluding carboxylic acids is 1. The highest BCUT2D eigenvalue weighted by atomic mass is 35.5. The molecule has 0 aliphatic carbocycles. The predicted molar refractivity (Wildman–Crippen MR) is 127 cm³/mol. The van der Waals surface area contributed by atoms with Crippen LogP contribution in [0.4, 0.5) is 0 Å². The molecule has 4 rings (SSSR count). The number of halogens is 1. The summed E-state index contributed by atoms with van der Waals surface area (Å²) in [6, 6.07) is 12.2. The monoisotopic (exact) mass is 486 g/mol. The summed E-state index contributed by atoms with van der Waals surface area (Å²) in [7, 11) is 4.66. The van der Waals surface area contributed by atoms with E-state index in [0.717, 1.165) is 12.8 Å². The summed E-state index contributed by atoms with van der Waals surface area (Å²) < 4.78 is 27.6. The van der Waals surface area contributed by atoms with Crippen LogP contribution >= 0.6 is 11.6 Å². The van der Waals surface area contributed by atoms with E-state index in [0.29, 0.717) is 58.0 Å². The molecule has 3 aromatic rings. The highest BCUT2D eigenvalue weighted by molar-refractivity contribution is 6.30. The molecular weight excluding hydrogens is 460 g/mol. The molecule has 1 aliphatic heterocycles. The van der Waals surface area contributed by atoms with E-state index in [1.54, 1.807) is 68.7 Å².